The van der Waals surface area contributed by atoms with Crippen molar-refractivity contribution in [3.05, 3.63) is 63.5 Å². The number of hydrogen-bond donors (Lipinski definition) is 1. The summed E-state index contributed by atoms with van der Waals surface area (Å²) in [5.74, 6) is -1.60. The average molecular weight is 347 g/mol. The summed E-state index contributed by atoms with van der Waals surface area (Å²) in [6.45, 7) is 0. The summed E-state index contributed by atoms with van der Waals surface area (Å²) in [5.41, 5.74) is -0.0812. The molecule has 0 unspecified atom stereocenters. The van der Waals surface area contributed by atoms with Crippen molar-refractivity contribution in [3.8, 4) is 11.5 Å². The molecular formula is C17H14FNO6. The zero-order valence-electron chi connectivity index (χ0n) is 13.4. The number of halogens is 1. The maximum atomic E-state index is 13.0. The first-order chi connectivity index (χ1) is 11.9. The molecule has 25 heavy (non-hydrogen) atoms. The van der Waals surface area contributed by atoms with Gasteiger partial charge in [-0.2, -0.15) is 0 Å². The Morgan fingerprint density at radius 2 is 1.76 bits per heavy atom. The highest BCUT2D eigenvalue weighted by molar-refractivity contribution is 6.20. The Labute approximate surface area is 142 Å². The van der Waals surface area contributed by atoms with Crippen molar-refractivity contribution in [2.45, 2.75) is 0 Å². The minimum absolute atomic E-state index is 0.0161. The van der Waals surface area contributed by atoms with E-state index in [1.54, 1.807) is 0 Å². The van der Waals surface area contributed by atoms with Crippen LogP contribution in [0.15, 0.2) is 36.4 Å². The van der Waals surface area contributed by atoms with Gasteiger partial charge in [-0.15, -0.1) is 0 Å². The highest BCUT2D eigenvalue weighted by Gasteiger charge is 2.20. The van der Waals surface area contributed by atoms with Gasteiger partial charge in [-0.05, 0) is 23.8 Å². The Balaban J connectivity index is 2.66. The molecule has 0 aromatic heterocycles. The molecule has 0 radical (unpaired) electrons. The van der Waals surface area contributed by atoms with E-state index in [0.717, 1.165) is 18.2 Å². The zero-order valence-corrected chi connectivity index (χ0v) is 13.4. The van der Waals surface area contributed by atoms with E-state index in [9.17, 15) is 24.4 Å². The van der Waals surface area contributed by atoms with Gasteiger partial charge in [0.05, 0.1) is 24.7 Å². The summed E-state index contributed by atoms with van der Waals surface area (Å²) in [6, 6.07) is 7.32. The number of ether oxygens (including phenoxy) is 2. The van der Waals surface area contributed by atoms with E-state index in [4.69, 9.17) is 9.47 Å². The van der Waals surface area contributed by atoms with Gasteiger partial charge in [-0.3, -0.25) is 10.1 Å². The number of nitro benzene ring substituents is 1. The number of rotatable bonds is 6. The second-order valence-corrected chi connectivity index (χ2v) is 4.89. The molecule has 0 atom stereocenters. The first kappa shape index (κ1) is 17.9. The number of carbonyl (C=O) groups is 1. The molecule has 0 aliphatic carbocycles. The molecule has 2 aromatic rings. The molecule has 8 heteroatoms. The lowest BCUT2D eigenvalue weighted by Gasteiger charge is -2.10. The van der Waals surface area contributed by atoms with Gasteiger partial charge >= 0.3 is 11.7 Å². The van der Waals surface area contributed by atoms with Crippen molar-refractivity contribution in [1.82, 2.24) is 0 Å². The topological polar surface area (TPSA) is 98.9 Å². The van der Waals surface area contributed by atoms with Crippen molar-refractivity contribution >= 4 is 23.3 Å². The van der Waals surface area contributed by atoms with Crippen LogP contribution in [0.1, 0.15) is 11.1 Å². The van der Waals surface area contributed by atoms with Gasteiger partial charge < -0.3 is 14.6 Å². The van der Waals surface area contributed by atoms with E-state index in [1.807, 2.05) is 0 Å². The fourth-order valence-electron chi connectivity index (χ4n) is 2.22. The predicted octanol–water partition coefficient (Wildman–Crippen LogP) is 3.38. The van der Waals surface area contributed by atoms with Crippen LogP contribution < -0.4 is 9.47 Å². The molecule has 2 aromatic carbocycles. The van der Waals surface area contributed by atoms with E-state index >= 15 is 0 Å². The highest BCUT2D eigenvalue weighted by Crippen LogP contribution is 2.36. The average Bonchev–Trinajstić information content (AvgIpc) is 2.59. The largest absolute Gasteiger partial charge is 0.496 e. The van der Waals surface area contributed by atoms with Gasteiger partial charge in [0, 0.05) is 17.7 Å². The van der Waals surface area contributed by atoms with E-state index in [2.05, 4.69) is 0 Å². The fourth-order valence-corrected chi connectivity index (χ4v) is 2.22. The molecule has 0 fully saturated rings. The van der Waals surface area contributed by atoms with Crippen LogP contribution in [0.5, 0.6) is 11.5 Å². The third-order valence-electron chi connectivity index (χ3n) is 3.41. The Bertz CT molecular complexity index is 845. The van der Waals surface area contributed by atoms with E-state index < -0.39 is 16.7 Å². The first-order valence-corrected chi connectivity index (χ1v) is 6.98. The quantitative estimate of drug-likeness (QED) is 0.372. The minimum Gasteiger partial charge on any atom is -0.496 e. The number of nitro groups is 1. The lowest BCUT2D eigenvalue weighted by Crippen LogP contribution is -2.01. The molecule has 130 valence electrons. The van der Waals surface area contributed by atoms with Crippen molar-refractivity contribution in [3.63, 3.8) is 0 Å². The number of methoxy groups -OCH3 is 2. The maximum absolute atomic E-state index is 13.0. The molecule has 0 bridgehead atoms. The van der Waals surface area contributed by atoms with Crippen LogP contribution in [0.4, 0.5) is 10.1 Å². The Morgan fingerprint density at radius 1 is 1.16 bits per heavy atom. The Morgan fingerprint density at radius 3 is 2.24 bits per heavy atom. The van der Waals surface area contributed by atoms with Crippen LogP contribution in [-0.2, 0) is 4.79 Å². The standard InChI is InChI=1S/C17H14FNO6/c1-24-15-9-16(25-2)14(19(22)23)8-11(15)7-13(17(20)21)10-3-5-12(18)6-4-10/h3-9H,1-2H3,(H,20,21)/b13-7-. The van der Waals surface area contributed by atoms with E-state index in [0.29, 0.717) is 0 Å². The second-order valence-electron chi connectivity index (χ2n) is 4.89. The van der Waals surface area contributed by atoms with Crippen LogP contribution in [-0.4, -0.2) is 30.2 Å². The monoisotopic (exact) mass is 347 g/mol. The molecule has 2 rings (SSSR count). The SMILES string of the molecule is COc1cc(OC)c([N+](=O)[O-])cc1/C=C(\C(=O)O)c1ccc(F)cc1. The summed E-state index contributed by atoms with van der Waals surface area (Å²) in [7, 11) is 2.62. The Hall–Kier alpha value is -3.42. The zero-order chi connectivity index (χ0) is 18.6. The summed E-state index contributed by atoms with van der Waals surface area (Å²) in [4.78, 5) is 22.1. The molecule has 0 saturated heterocycles. The van der Waals surface area contributed by atoms with Crippen LogP contribution in [0.2, 0.25) is 0 Å². The first-order valence-electron chi connectivity index (χ1n) is 6.98. The lowest BCUT2D eigenvalue weighted by molar-refractivity contribution is -0.385. The fraction of sp³-hybridized carbons (Fsp3) is 0.118. The highest BCUT2D eigenvalue weighted by atomic mass is 19.1. The van der Waals surface area contributed by atoms with Gasteiger partial charge in [0.1, 0.15) is 11.6 Å². The summed E-state index contributed by atoms with van der Waals surface area (Å²) >= 11 is 0. The number of hydrogen-bond acceptors (Lipinski definition) is 5. The molecule has 0 saturated carbocycles. The van der Waals surface area contributed by atoms with Crippen molar-refractivity contribution < 1.29 is 28.7 Å². The minimum atomic E-state index is -1.27. The van der Waals surface area contributed by atoms with Crippen LogP contribution in [0.3, 0.4) is 0 Å². The molecule has 0 heterocycles. The number of aliphatic carboxylic acids is 1. The Kier molecular flexibility index (Phi) is 5.33. The van der Waals surface area contributed by atoms with Gasteiger partial charge in [-0.25, -0.2) is 9.18 Å². The molecule has 0 aliphatic heterocycles. The summed E-state index contributed by atoms with van der Waals surface area (Å²) in [6.07, 6.45) is 1.22. The maximum Gasteiger partial charge on any atom is 0.336 e. The van der Waals surface area contributed by atoms with Crippen molar-refractivity contribution in [1.29, 1.82) is 0 Å². The second kappa shape index (κ2) is 7.43. The number of nitrogens with zero attached hydrogens (tertiary/aromatic N) is 1. The van der Waals surface area contributed by atoms with Gasteiger partial charge in [-0.1, -0.05) is 12.1 Å². The van der Waals surface area contributed by atoms with Crippen LogP contribution in [0, 0.1) is 15.9 Å². The van der Waals surface area contributed by atoms with Crippen molar-refractivity contribution in [2.24, 2.45) is 0 Å². The molecular weight excluding hydrogens is 333 g/mol. The lowest BCUT2D eigenvalue weighted by atomic mass is 10.0. The van der Waals surface area contributed by atoms with Crippen molar-refractivity contribution in [2.75, 3.05) is 14.2 Å². The van der Waals surface area contributed by atoms with E-state index in [-0.39, 0.29) is 33.9 Å². The smallest absolute Gasteiger partial charge is 0.336 e. The van der Waals surface area contributed by atoms with E-state index in [1.165, 1.54) is 38.5 Å². The molecule has 1 N–H and O–H groups in total. The normalized spacial score (nSPS) is 11.1. The molecule has 0 amide bonds. The van der Waals surface area contributed by atoms with Gasteiger partial charge in [0.2, 0.25) is 5.75 Å². The molecule has 7 nitrogen and oxygen atoms in total. The molecule has 0 aliphatic rings. The molecule has 0 spiro atoms. The van der Waals surface area contributed by atoms with Gasteiger partial charge in [0.15, 0.2) is 0 Å². The third kappa shape index (κ3) is 3.92. The van der Waals surface area contributed by atoms with Crippen LogP contribution >= 0.6 is 0 Å². The predicted molar refractivity (Wildman–Crippen MR) is 88.1 cm³/mol. The summed E-state index contributed by atoms with van der Waals surface area (Å²) < 4.78 is 23.2. The third-order valence-corrected chi connectivity index (χ3v) is 3.41. The number of benzene rings is 2. The van der Waals surface area contributed by atoms with Gasteiger partial charge in [0.25, 0.3) is 0 Å². The number of carboxylic acid groups (broad SMARTS) is 1. The van der Waals surface area contributed by atoms with Crippen LogP contribution in [0.25, 0.3) is 11.6 Å². The number of carboxylic acids is 1. The summed E-state index contributed by atoms with van der Waals surface area (Å²) in [5, 5.41) is 20.6.